The highest BCUT2D eigenvalue weighted by Crippen LogP contribution is 2.33. The highest BCUT2D eigenvalue weighted by molar-refractivity contribution is 5.74. The molecule has 1 N–H and O–H groups in total. The van der Waals surface area contributed by atoms with Gasteiger partial charge in [-0.25, -0.2) is 4.79 Å². The number of methoxy groups -OCH3 is 2. The molecule has 0 spiro atoms. The molecule has 2 saturated heterocycles. The molecule has 24 heavy (non-hydrogen) atoms. The van der Waals surface area contributed by atoms with Crippen LogP contribution in [0.4, 0.5) is 4.79 Å². The van der Waals surface area contributed by atoms with E-state index in [0.29, 0.717) is 6.10 Å². The zero-order chi connectivity index (χ0) is 17.0. The summed E-state index contributed by atoms with van der Waals surface area (Å²) < 4.78 is 10.9. The first kappa shape index (κ1) is 18.0. The van der Waals surface area contributed by atoms with E-state index in [1.54, 1.807) is 14.2 Å². The summed E-state index contributed by atoms with van der Waals surface area (Å²) in [4.78, 5) is 16.8. The number of nitrogens with zero attached hydrogens (tertiary/aromatic N) is 2. The number of carbonyl (C=O) groups excluding carboxylic acids is 1. The maximum absolute atomic E-state index is 12.8. The molecule has 0 aromatic carbocycles. The van der Waals surface area contributed by atoms with Gasteiger partial charge in [-0.05, 0) is 38.5 Å². The normalized spacial score (nSPS) is 25.1. The molecule has 3 rings (SSSR count). The van der Waals surface area contributed by atoms with Gasteiger partial charge in [0.25, 0.3) is 0 Å². The Labute approximate surface area is 145 Å². The molecule has 2 amide bonds. The molecule has 2 heterocycles. The Morgan fingerprint density at radius 3 is 2.21 bits per heavy atom. The fourth-order valence-electron chi connectivity index (χ4n) is 3.98. The number of nitrogens with one attached hydrogen (secondary N) is 1. The number of hydrogen-bond acceptors (Lipinski definition) is 4. The van der Waals surface area contributed by atoms with Crippen LogP contribution < -0.4 is 5.32 Å². The van der Waals surface area contributed by atoms with Crippen molar-refractivity contribution in [2.45, 2.75) is 50.7 Å². The predicted molar refractivity (Wildman–Crippen MR) is 93.1 cm³/mol. The first-order valence-electron chi connectivity index (χ1n) is 9.45. The molecule has 0 atom stereocenters. The molecule has 0 aromatic rings. The van der Waals surface area contributed by atoms with Crippen molar-refractivity contribution in [1.29, 1.82) is 0 Å². The summed E-state index contributed by atoms with van der Waals surface area (Å²) in [5.41, 5.74) is 0.192. The first-order valence-corrected chi connectivity index (χ1v) is 9.45. The fourth-order valence-corrected chi connectivity index (χ4v) is 3.98. The second-order valence-corrected chi connectivity index (χ2v) is 7.78. The Balaban J connectivity index is 1.48. The van der Waals surface area contributed by atoms with Crippen molar-refractivity contribution in [1.82, 2.24) is 15.1 Å². The zero-order valence-electron chi connectivity index (χ0n) is 15.3. The monoisotopic (exact) mass is 339 g/mol. The van der Waals surface area contributed by atoms with Crippen LogP contribution in [0.15, 0.2) is 0 Å². The topological polar surface area (TPSA) is 54.0 Å². The summed E-state index contributed by atoms with van der Waals surface area (Å²) >= 11 is 0. The van der Waals surface area contributed by atoms with E-state index < -0.39 is 0 Å². The van der Waals surface area contributed by atoms with Crippen LogP contribution in [0.1, 0.15) is 38.5 Å². The van der Waals surface area contributed by atoms with Crippen molar-refractivity contribution < 1.29 is 14.3 Å². The number of rotatable bonds is 6. The molecule has 3 fully saturated rings. The summed E-state index contributed by atoms with van der Waals surface area (Å²) in [5.74, 6) is 0. The third-order valence-corrected chi connectivity index (χ3v) is 5.93. The van der Waals surface area contributed by atoms with Crippen LogP contribution in [0.3, 0.4) is 0 Å². The van der Waals surface area contributed by atoms with Crippen molar-refractivity contribution in [3.05, 3.63) is 0 Å². The second-order valence-electron chi connectivity index (χ2n) is 7.78. The van der Waals surface area contributed by atoms with Gasteiger partial charge in [0.15, 0.2) is 0 Å². The van der Waals surface area contributed by atoms with E-state index in [-0.39, 0.29) is 11.4 Å². The molecule has 0 radical (unpaired) electrons. The van der Waals surface area contributed by atoms with Gasteiger partial charge in [-0.3, -0.25) is 0 Å². The summed E-state index contributed by atoms with van der Waals surface area (Å²) in [6, 6.07) is 0.936. The molecule has 6 heteroatoms. The molecule has 6 nitrogen and oxygen atoms in total. The number of likely N-dealkylation sites (tertiary alicyclic amines) is 2. The Bertz CT molecular complexity index is 412. The summed E-state index contributed by atoms with van der Waals surface area (Å²) in [7, 11) is 3.55. The van der Waals surface area contributed by atoms with Crippen molar-refractivity contribution in [3.63, 3.8) is 0 Å². The smallest absolute Gasteiger partial charge is 0.320 e. The second kappa shape index (κ2) is 8.02. The Hall–Kier alpha value is -0.850. The van der Waals surface area contributed by atoms with Gasteiger partial charge in [0.1, 0.15) is 0 Å². The van der Waals surface area contributed by atoms with Crippen molar-refractivity contribution in [2.24, 2.45) is 5.41 Å². The van der Waals surface area contributed by atoms with Crippen LogP contribution in [0.25, 0.3) is 0 Å². The SMILES string of the molecule is COCC1(CNC2CC2)CCN(C(=O)N2CCC(OC)CC2)CC1. The molecule has 3 aliphatic rings. The lowest BCUT2D eigenvalue weighted by atomic mass is 9.79. The Kier molecular flexibility index (Phi) is 6.00. The van der Waals surface area contributed by atoms with Gasteiger partial charge in [0, 0.05) is 58.4 Å². The molecule has 138 valence electrons. The molecule has 1 aliphatic carbocycles. The summed E-state index contributed by atoms with van der Waals surface area (Å²) in [5, 5.41) is 3.66. The third kappa shape index (κ3) is 4.41. The lowest BCUT2D eigenvalue weighted by molar-refractivity contribution is 0.0174. The van der Waals surface area contributed by atoms with Crippen molar-refractivity contribution in [3.8, 4) is 0 Å². The number of hydrogen-bond donors (Lipinski definition) is 1. The number of piperidine rings is 2. The van der Waals surface area contributed by atoms with Crippen LogP contribution >= 0.6 is 0 Å². The van der Waals surface area contributed by atoms with Gasteiger partial charge in [0.05, 0.1) is 12.7 Å². The Morgan fingerprint density at radius 1 is 1.04 bits per heavy atom. The van der Waals surface area contributed by atoms with Crippen molar-refractivity contribution in [2.75, 3.05) is 53.6 Å². The van der Waals surface area contributed by atoms with Crippen LogP contribution in [0.2, 0.25) is 0 Å². The van der Waals surface area contributed by atoms with Crippen LogP contribution in [-0.2, 0) is 9.47 Å². The van der Waals surface area contributed by atoms with Gasteiger partial charge in [0.2, 0.25) is 0 Å². The van der Waals surface area contributed by atoms with E-state index in [4.69, 9.17) is 9.47 Å². The number of urea groups is 1. The van der Waals surface area contributed by atoms with Crippen LogP contribution in [0, 0.1) is 5.41 Å². The van der Waals surface area contributed by atoms with Gasteiger partial charge in [-0.1, -0.05) is 0 Å². The van der Waals surface area contributed by atoms with Crippen molar-refractivity contribution >= 4 is 6.03 Å². The fraction of sp³-hybridized carbons (Fsp3) is 0.944. The molecule has 0 unspecified atom stereocenters. The molecule has 0 aromatic heterocycles. The standard InChI is InChI=1S/C18H33N3O3/c1-23-14-18(13-19-15-3-4-15)7-11-21(12-8-18)17(22)20-9-5-16(24-2)6-10-20/h15-16,19H,3-14H2,1-2H3. The number of ether oxygens (including phenoxy) is 2. The lowest BCUT2D eigenvalue weighted by Crippen LogP contribution is -2.54. The van der Waals surface area contributed by atoms with Gasteiger partial charge in [-0.2, -0.15) is 0 Å². The van der Waals surface area contributed by atoms with Gasteiger partial charge < -0.3 is 24.6 Å². The zero-order valence-corrected chi connectivity index (χ0v) is 15.3. The summed E-state index contributed by atoms with van der Waals surface area (Å²) in [6.45, 7) is 5.14. The highest BCUT2D eigenvalue weighted by atomic mass is 16.5. The maximum atomic E-state index is 12.8. The number of amides is 2. The molecule has 0 bridgehead atoms. The average molecular weight is 339 g/mol. The van der Waals surface area contributed by atoms with E-state index in [2.05, 4.69) is 5.32 Å². The van der Waals surface area contributed by atoms with Gasteiger partial charge in [-0.15, -0.1) is 0 Å². The lowest BCUT2D eigenvalue weighted by Gasteiger charge is -2.43. The first-order chi connectivity index (χ1) is 11.7. The Morgan fingerprint density at radius 2 is 1.67 bits per heavy atom. The minimum Gasteiger partial charge on any atom is -0.384 e. The number of carbonyl (C=O) groups is 1. The largest absolute Gasteiger partial charge is 0.384 e. The molecular weight excluding hydrogens is 306 g/mol. The minimum atomic E-state index is 0.192. The molecular formula is C18H33N3O3. The van der Waals surface area contributed by atoms with E-state index in [0.717, 1.165) is 71.1 Å². The highest BCUT2D eigenvalue weighted by Gasteiger charge is 2.38. The van der Waals surface area contributed by atoms with E-state index in [1.807, 2.05) is 9.80 Å². The summed E-state index contributed by atoms with van der Waals surface area (Å²) in [6.07, 6.45) is 6.90. The molecule has 2 aliphatic heterocycles. The van der Waals surface area contributed by atoms with Gasteiger partial charge >= 0.3 is 6.03 Å². The molecule has 1 saturated carbocycles. The van der Waals surface area contributed by atoms with E-state index >= 15 is 0 Å². The maximum Gasteiger partial charge on any atom is 0.320 e. The van der Waals surface area contributed by atoms with Crippen LogP contribution in [0.5, 0.6) is 0 Å². The minimum absolute atomic E-state index is 0.192. The van der Waals surface area contributed by atoms with E-state index in [1.165, 1.54) is 12.8 Å². The van der Waals surface area contributed by atoms with E-state index in [9.17, 15) is 4.79 Å². The van der Waals surface area contributed by atoms with Crippen LogP contribution in [-0.4, -0.2) is 81.5 Å². The predicted octanol–water partition coefficient (Wildman–Crippen LogP) is 1.70. The third-order valence-electron chi connectivity index (χ3n) is 5.93. The average Bonchev–Trinajstić information content (AvgIpc) is 3.45. The quantitative estimate of drug-likeness (QED) is 0.800.